The average Bonchev–Trinajstić information content (AvgIpc) is 2.84. The summed E-state index contributed by atoms with van der Waals surface area (Å²) in [7, 11) is -4.07. The number of para-hydroxylation sites is 1. The molecule has 7 nitrogen and oxygen atoms in total. The Balaban J connectivity index is 0.00000149. The van der Waals surface area contributed by atoms with Crippen LogP contribution in [0.4, 0.5) is 5.69 Å². The molecule has 8 heteroatoms. The average molecular weight is 470 g/mol. The number of aryl methyl sites for hydroxylation is 1. The molecule has 0 bridgehead atoms. The largest absolute Gasteiger partial charge is 0.503 e. The first-order chi connectivity index (χ1) is 15.9. The molecule has 1 N–H and O–H groups in total. The lowest BCUT2D eigenvalue weighted by molar-refractivity contribution is 0.246. The molecule has 0 atom stereocenters. The van der Waals surface area contributed by atoms with Gasteiger partial charge in [-0.1, -0.05) is 49.7 Å². The molecule has 1 aromatic heterocycles. The second-order valence-electron chi connectivity index (χ2n) is 7.71. The van der Waals surface area contributed by atoms with Crippen LogP contribution in [0.25, 0.3) is 0 Å². The van der Waals surface area contributed by atoms with Crippen molar-refractivity contribution in [2.75, 3.05) is 31.1 Å². The summed E-state index contributed by atoms with van der Waals surface area (Å²) in [5.74, 6) is -0.524. The zero-order valence-corrected chi connectivity index (χ0v) is 20.1. The maximum absolute atomic E-state index is 12.8. The topological polar surface area (TPSA) is 82.8 Å². The number of anilines is 1. The molecule has 0 saturated carbocycles. The molecular weight excluding hydrogens is 438 g/mol. The van der Waals surface area contributed by atoms with Gasteiger partial charge in [-0.15, -0.1) is 0 Å². The lowest BCUT2D eigenvalue weighted by atomic mass is 10.2. The fourth-order valence-corrected chi connectivity index (χ4v) is 4.96. The molecule has 0 radical (unpaired) electrons. The van der Waals surface area contributed by atoms with Crippen molar-refractivity contribution in [2.24, 2.45) is 0 Å². The van der Waals surface area contributed by atoms with Gasteiger partial charge in [-0.05, 0) is 37.3 Å². The van der Waals surface area contributed by atoms with Crippen molar-refractivity contribution >= 4 is 15.7 Å². The SMILES string of the molecule is CC.Cc1ccc(S(=O)(=O)n2ccc(CN3CCN(c4ccccc4)CC3)c(O)c2=O)cc1. The smallest absolute Gasteiger partial charge is 0.306 e. The maximum Gasteiger partial charge on any atom is 0.306 e. The number of aromatic hydroxyl groups is 1. The van der Waals surface area contributed by atoms with E-state index in [9.17, 15) is 18.3 Å². The molecule has 1 aliphatic rings. The third kappa shape index (κ3) is 5.46. The van der Waals surface area contributed by atoms with Gasteiger partial charge in [-0.2, -0.15) is 0 Å². The molecule has 2 heterocycles. The summed E-state index contributed by atoms with van der Waals surface area (Å²) in [5, 5.41) is 10.5. The van der Waals surface area contributed by atoms with Crippen LogP contribution < -0.4 is 10.5 Å². The van der Waals surface area contributed by atoms with E-state index < -0.39 is 21.3 Å². The highest BCUT2D eigenvalue weighted by atomic mass is 32.2. The molecule has 176 valence electrons. The van der Waals surface area contributed by atoms with Crippen molar-refractivity contribution in [2.45, 2.75) is 32.2 Å². The zero-order valence-electron chi connectivity index (χ0n) is 19.3. The second-order valence-corrected chi connectivity index (χ2v) is 9.52. The number of nitrogens with zero attached hydrogens (tertiary/aromatic N) is 3. The van der Waals surface area contributed by atoms with Crippen LogP contribution in [-0.2, 0) is 16.6 Å². The van der Waals surface area contributed by atoms with E-state index >= 15 is 0 Å². The molecule has 3 aromatic rings. The molecule has 1 aliphatic heterocycles. The Hall–Kier alpha value is -3.10. The Morgan fingerprint density at radius 2 is 1.48 bits per heavy atom. The molecule has 0 amide bonds. The highest BCUT2D eigenvalue weighted by Crippen LogP contribution is 2.20. The van der Waals surface area contributed by atoms with Crippen LogP contribution in [-0.4, -0.2) is 48.6 Å². The van der Waals surface area contributed by atoms with Gasteiger partial charge in [0, 0.05) is 50.2 Å². The molecule has 2 aromatic carbocycles. The summed E-state index contributed by atoms with van der Waals surface area (Å²) < 4.78 is 26.3. The molecule has 1 fully saturated rings. The predicted molar refractivity (Wildman–Crippen MR) is 131 cm³/mol. The third-order valence-corrected chi connectivity index (χ3v) is 7.26. The molecule has 0 spiro atoms. The van der Waals surface area contributed by atoms with E-state index in [0.717, 1.165) is 31.7 Å². The van der Waals surface area contributed by atoms with Crippen LogP contribution in [0, 0.1) is 6.92 Å². The minimum Gasteiger partial charge on any atom is -0.503 e. The van der Waals surface area contributed by atoms with E-state index in [1.807, 2.05) is 39.0 Å². The van der Waals surface area contributed by atoms with E-state index in [2.05, 4.69) is 21.9 Å². The normalized spacial score (nSPS) is 14.5. The summed E-state index contributed by atoms with van der Waals surface area (Å²) in [5.41, 5.74) is 1.58. The number of hydrogen-bond acceptors (Lipinski definition) is 6. The first-order valence-electron chi connectivity index (χ1n) is 11.1. The first-order valence-corrected chi connectivity index (χ1v) is 12.6. The van der Waals surface area contributed by atoms with E-state index in [1.54, 1.807) is 12.1 Å². The van der Waals surface area contributed by atoms with Crippen molar-refractivity contribution in [3.05, 3.63) is 88.3 Å². The van der Waals surface area contributed by atoms with Crippen molar-refractivity contribution in [1.29, 1.82) is 0 Å². The van der Waals surface area contributed by atoms with Gasteiger partial charge in [0.25, 0.3) is 10.0 Å². The highest BCUT2D eigenvalue weighted by Gasteiger charge is 2.23. The van der Waals surface area contributed by atoms with Gasteiger partial charge < -0.3 is 10.0 Å². The Morgan fingerprint density at radius 3 is 2.09 bits per heavy atom. The number of pyridine rings is 1. The summed E-state index contributed by atoms with van der Waals surface area (Å²) in [6.45, 7) is 9.46. The standard InChI is InChI=1S/C23H25N3O4S.C2H6/c1-18-7-9-21(10-8-18)31(29,30)26-12-11-19(22(27)23(26)28)17-24-13-15-25(16-14-24)20-5-3-2-4-6-20;1-2/h2-12,27H,13-17H2,1H3;1-2H3. The molecule has 33 heavy (non-hydrogen) atoms. The first kappa shape index (κ1) is 24.5. The second kappa shape index (κ2) is 10.7. The van der Waals surface area contributed by atoms with Crippen molar-refractivity contribution in [3.63, 3.8) is 0 Å². The molecule has 4 rings (SSSR count). The van der Waals surface area contributed by atoms with Crippen LogP contribution in [0.15, 0.2) is 76.6 Å². The van der Waals surface area contributed by atoms with Crippen molar-refractivity contribution in [3.8, 4) is 5.75 Å². The number of rotatable bonds is 5. The number of hydrogen-bond donors (Lipinski definition) is 1. The Bertz CT molecular complexity index is 1210. The molecular formula is C25H31N3O4S. The van der Waals surface area contributed by atoms with Crippen LogP contribution in [0.3, 0.4) is 0 Å². The highest BCUT2D eigenvalue weighted by molar-refractivity contribution is 7.90. The number of aromatic nitrogens is 1. The van der Waals surface area contributed by atoms with Crippen LogP contribution in [0.2, 0.25) is 0 Å². The van der Waals surface area contributed by atoms with E-state index in [-0.39, 0.29) is 4.90 Å². The van der Waals surface area contributed by atoms with Gasteiger partial charge in [0.05, 0.1) is 4.90 Å². The molecule has 0 aliphatic carbocycles. The van der Waals surface area contributed by atoms with Gasteiger partial charge in [0.2, 0.25) is 0 Å². The van der Waals surface area contributed by atoms with E-state index in [1.165, 1.54) is 30.1 Å². The van der Waals surface area contributed by atoms with Crippen LogP contribution in [0.5, 0.6) is 5.75 Å². The number of benzene rings is 2. The van der Waals surface area contributed by atoms with Gasteiger partial charge in [0.15, 0.2) is 5.75 Å². The van der Waals surface area contributed by atoms with Gasteiger partial charge >= 0.3 is 5.56 Å². The monoisotopic (exact) mass is 469 g/mol. The third-order valence-electron chi connectivity index (χ3n) is 5.58. The number of piperazine rings is 1. The van der Waals surface area contributed by atoms with Gasteiger partial charge in [0.1, 0.15) is 0 Å². The van der Waals surface area contributed by atoms with Gasteiger partial charge in [-0.3, -0.25) is 9.69 Å². The zero-order chi connectivity index (χ0) is 24.0. The van der Waals surface area contributed by atoms with E-state index in [0.29, 0.717) is 16.1 Å². The van der Waals surface area contributed by atoms with Crippen molar-refractivity contribution in [1.82, 2.24) is 8.87 Å². The maximum atomic E-state index is 12.8. The lowest BCUT2D eigenvalue weighted by Crippen LogP contribution is -2.46. The summed E-state index contributed by atoms with van der Waals surface area (Å²) in [4.78, 5) is 17.1. The fraction of sp³-hybridized carbons (Fsp3) is 0.320. The predicted octanol–water partition coefficient (Wildman–Crippen LogP) is 3.45. The minimum atomic E-state index is -4.07. The van der Waals surface area contributed by atoms with Gasteiger partial charge in [-0.25, -0.2) is 12.4 Å². The summed E-state index contributed by atoms with van der Waals surface area (Å²) >= 11 is 0. The Morgan fingerprint density at radius 1 is 0.879 bits per heavy atom. The molecule has 0 unspecified atom stereocenters. The Labute approximate surface area is 195 Å². The van der Waals surface area contributed by atoms with Crippen molar-refractivity contribution < 1.29 is 13.5 Å². The van der Waals surface area contributed by atoms with Crippen LogP contribution in [0.1, 0.15) is 25.0 Å². The summed E-state index contributed by atoms with van der Waals surface area (Å²) in [6, 6.07) is 17.9. The summed E-state index contributed by atoms with van der Waals surface area (Å²) in [6.07, 6.45) is 1.23. The quantitative estimate of drug-likeness (QED) is 0.616. The van der Waals surface area contributed by atoms with E-state index in [4.69, 9.17) is 0 Å². The Kier molecular flexibility index (Phi) is 7.94. The van der Waals surface area contributed by atoms with Crippen LogP contribution >= 0.6 is 0 Å². The fourth-order valence-electron chi connectivity index (χ4n) is 3.73. The molecule has 1 saturated heterocycles. The lowest BCUT2D eigenvalue weighted by Gasteiger charge is -2.36. The minimum absolute atomic E-state index is 0.00406.